The Morgan fingerprint density at radius 1 is 0.517 bits per heavy atom. The Bertz CT molecular complexity index is 1490. The molecule has 4 N–H and O–H groups in total. The lowest BCUT2D eigenvalue weighted by Gasteiger charge is -2.38. The fourth-order valence-corrected chi connectivity index (χ4v) is 5.27. The van der Waals surface area contributed by atoms with Crippen molar-refractivity contribution < 1.29 is 53.8 Å². The van der Waals surface area contributed by atoms with Gasteiger partial charge >= 0.3 is 17.9 Å². The molecule has 0 spiro atoms. The number of aliphatic hydroxyl groups excluding tert-OH is 3. The van der Waals surface area contributed by atoms with Crippen LogP contribution in [0, 0.1) is 0 Å². The van der Waals surface area contributed by atoms with Crippen LogP contribution in [0.15, 0.2) is 134 Å². The molecule has 1 fully saturated rings. The molecule has 0 bridgehead atoms. The lowest BCUT2D eigenvalue weighted by atomic mass is 9.99. The van der Waals surface area contributed by atoms with E-state index in [0.717, 1.165) is 64.2 Å². The predicted molar refractivity (Wildman–Crippen MR) is 238 cm³/mol. The van der Waals surface area contributed by atoms with Crippen molar-refractivity contribution in [2.75, 3.05) is 13.2 Å². The van der Waals surface area contributed by atoms with Crippen molar-refractivity contribution >= 4 is 17.9 Å². The lowest BCUT2D eigenvalue weighted by molar-refractivity contribution is -0.298. The molecule has 0 aromatic heterocycles. The molecule has 0 saturated carbocycles. The van der Waals surface area contributed by atoms with Crippen LogP contribution in [0.25, 0.3) is 0 Å². The second-order valence-corrected chi connectivity index (χ2v) is 13.7. The summed E-state index contributed by atoms with van der Waals surface area (Å²) in [4.78, 5) is 36.7. The van der Waals surface area contributed by atoms with E-state index in [1.807, 2.05) is 30.4 Å². The first-order chi connectivity index (χ1) is 29.2. The summed E-state index contributed by atoms with van der Waals surface area (Å²) in [6, 6.07) is 0. The number of aliphatic hydroxyl groups is 3. The van der Waals surface area contributed by atoms with Gasteiger partial charge in [0.2, 0.25) is 0 Å². The van der Waals surface area contributed by atoms with Gasteiger partial charge < -0.3 is 39.4 Å². The highest BCUT2D eigenvalue weighted by Gasteiger charge is 2.47. The van der Waals surface area contributed by atoms with E-state index in [1.54, 1.807) is 6.08 Å². The maximum absolute atomic E-state index is 12.7. The number of aliphatic carboxylic acids is 1. The van der Waals surface area contributed by atoms with Crippen LogP contribution < -0.4 is 0 Å². The number of carbonyl (C=O) groups is 3. The summed E-state index contributed by atoms with van der Waals surface area (Å²) in [5.74, 6) is -2.74. The number of hydrogen-bond acceptors (Lipinski definition) is 10. The van der Waals surface area contributed by atoms with E-state index < -0.39 is 61.3 Å². The van der Waals surface area contributed by atoms with E-state index >= 15 is 0 Å². The van der Waals surface area contributed by atoms with Crippen LogP contribution >= 0.6 is 0 Å². The van der Waals surface area contributed by atoms with Crippen LogP contribution in [0.3, 0.4) is 0 Å². The summed E-state index contributed by atoms with van der Waals surface area (Å²) in [7, 11) is 0. The van der Waals surface area contributed by atoms with Crippen LogP contribution in [0.1, 0.15) is 104 Å². The molecule has 0 radical (unpaired) electrons. The van der Waals surface area contributed by atoms with Gasteiger partial charge in [-0.1, -0.05) is 148 Å². The molecule has 0 aromatic rings. The minimum absolute atomic E-state index is 0.0742. The molecule has 332 valence electrons. The summed E-state index contributed by atoms with van der Waals surface area (Å²) in [6.07, 6.45) is 45.4. The van der Waals surface area contributed by atoms with Crippen molar-refractivity contribution in [2.45, 2.75) is 141 Å². The highest BCUT2D eigenvalue weighted by molar-refractivity contribution is 5.73. The molecule has 60 heavy (non-hydrogen) atoms. The fraction of sp³-hybridized carbons (Fsp3) is 0.490. The first-order valence-electron chi connectivity index (χ1n) is 21.2. The zero-order valence-corrected chi connectivity index (χ0v) is 35.6. The van der Waals surface area contributed by atoms with Crippen molar-refractivity contribution in [3.05, 3.63) is 134 Å². The van der Waals surface area contributed by atoms with Crippen molar-refractivity contribution in [2.24, 2.45) is 0 Å². The maximum Gasteiger partial charge on any atom is 0.335 e. The summed E-state index contributed by atoms with van der Waals surface area (Å²) in [5.41, 5.74) is 0. The van der Waals surface area contributed by atoms with Crippen molar-refractivity contribution in [1.82, 2.24) is 0 Å². The van der Waals surface area contributed by atoms with Gasteiger partial charge in [-0.15, -0.1) is 0 Å². The molecule has 1 saturated heterocycles. The third-order valence-corrected chi connectivity index (χ3v) is 8.54. The van der Waals surface area contributed by atoms with Gasteiger partial charge in [0.15, 0.2) is 18.5 Å². The topological polar surface area (TPSA) is 169 Å². The van der Waals surface area contributed by atoms with Crippen LogP contribution in [-0.4, -0.2) is 88.4 Å². The predicted octanol–water partition coefficient (Wildman–Crippen LogP) is 8.97. The molecule has 1 aliphatic heterocycles. The molecule has 11 heteroatoms. The molecule has 1 aliphatic rings. The molecule has 11 nitrogen and oxygen atoms in total. The minimum atomic E-state index is -1.89. The molecule has 1 heterocycles. The van der Waals surface area contributed by atoms with Gasteiger partial charge in [0.1, 0.15) is 24.9 Å². The number of esters is 2. The Hall–Kier alpha value is -4.65. The van der Waals surface area contributed by atoms with Crippen molar-refractivity contribution in [1.29, 1.82) is 0 Å². The van der Waals surface area contributed by atoms with Crippen LogP contribution in [0.5, 0.6) is 0 Å². The largest absolute Gasteiger partial charge is 0.479 e. The second-order valence-electron chi connectivity index (χ2n) is 13.7. The average Bonchev–Trinajstić information content (AvgIpc) is 3.23. The zero-order valence-electron chi connectivity index (χ0n) is 35.6. The molecule has 0 aromatic carbocycles. The van der Waals surface area contributed by atoms with Gasteiger partial charge in [0, 0.05) is 6.42 Å². The van der Waals surface area contributed by atoms with Gasteiger partial charge in [-0.2, -0.15) is 0 Å². The monoisotopic (exact) mass is 834 g/mol. The van der Waals surface area contributed by atoms with Crippen LogP contribution in [0.4, 0.5) is 0 Å². The van der Waals surface area contributed by atoms with E-state index in [0.29, 0.717) is 12.8 Å². The Balaban J connectivity index is 2.52. The van der Waals surface area contributed by atoms with E-state index in [1.165, 1.54) is 0 Å². The number of hydrogen-bond donors (Lipinski definition) is 4. The first kappa shape index (κ1) is 53.4. The Morgan fingerprint density at radius 3 is 1.33 bits per heavy atom. The highest BCUT2D eigenvalue weighted by Crippen LogP contribution is 2.23. The quantitative estimate of drug-likeness (QED) is 0.0377. The smallest absolute Gasteiger partial charge is 0.335 e. The zero-order chi connectivity index (χ0) is 43.9. The Labute approximate surface area is 358 Å². The van der Waals surface area contributed by atoms with E-state index in [-0.39, 0.29) is 19.4 Å². The van der Waals surface area contributed by atoms with Crippen LogP contribution in [0.2, 0.25) is 0 Å². The van der Waals surface area contributed by atoms with Crippen molar-refractivity contribution in [3.8, 4) is 0 Å². The number of ether oxygens (including phenoxy) is 4. The SMILES string of the molecule is CC/C=C\C/C=C\C/C=C\C/C=C\C/C=C\C/C=C\CCC(=O)OCC(COC1OC(C(=O)O)C(O)C(O)C1O)OC(=O)C/C=C\C/C=C\C/C=C\C/C=C\C/C=C\CC. The number of carboxylic acids is 1. The van der Waals surface area contributed by atoms with E-state index in [9.17, 15) is 34.8 Å². The van der Waals surface area contributed by atoms with Crippen molar-refractivity contribution in [3.63, 3.8) is 0 Å². The Morgan fingerprint density at radius 2 is 0.917 bits per heavy atom. The normalized spacial score (nSPS) is 21.1. The average molecular weight is 835 g/mol. The van der Waals surface area contributed by atoms with E-state index in [2.05, 4.69) is 111 Å². The molecule has 1 rings (SSSR count). The van der Waals surface area contributed by atoms with Gasteiger partial charge in [-0.25, -0.2) is 4.79 Å². The molecule has 0 aliphatic carbocycles. The summed E-state index contributed by atoms with van der Waals surface area (Å²) >= 11 is 0. The van der Waals surface area contributed by atoms with Crippen LogP contribution in [-0.2, 0) is 33.3 Å². The summed E-state index contributed by atoms with van der Waals surface area (Å²) in [6.45, 7) is 3.40. The van der Waals surface area contributed by atoms with Gasteiger partial charge in [-0.05, 0) is 77.0 Å². The minimum Gasteiger partial charge on any atom is -0.479 e. The molecule has 6 unspecified atom stereocenters. The Kier molecular flexibility index (Phi) is 33.2. The van der Waals surface area contributed by atoms with Gasteiger partial charge in [-0.3, -0.25) is 9.59 Å². The third kappa shape index (κ3) is 28.7. The fourth-order valence-electron chi connectivity index (χ4n) is 5.27. The third-order valence-electron chi connectivity index (χ3n) is 8.54. The first-order valence-corrected chi connectivity index (χ1v) is 21.2. The molecule has 6 atom stereocenters. The number of carbonyl (C=O) groups excluding carboxylic acids is 2. The molecular formula is C49H70O11. The standard InChI is InChI=1S/C49H70O11/c1-3-5-7-9-11-13-15-17-19-20-21-22-24-25-27-29-31-33-35-37-42(50)57-39-41(40-58-49-46(54)44(52)45(53)47(60-49)48(55)56)59-43(51)38-36-34-32-30-28-26-23-18-16-14-12-10-8-6-4-2/h5-8,11-14,17-19,21-23,25,27-28,30-31,33-34,36,41,44-47,49,52-54H,3-4,9-10,15-16,20,24,26,29,32,35,37-40H2,1-2H3,(H,55,56)/b7-5-,8-6-,13-11-,14-12-,19-17-,22-21-,23-18-,27-25-,30-28-,33-31-,36-34-. The number of rotatable bonds is 32. The summed E-state index contributed by atoms with van der Waals surface area (Å²) < 4.78 is 21.5. The maximum atomic E-state index is 12.7. The van der Waals surface area contributed by atoms with Gasteiger partial charge in [0.25, 0.3) is 0 Å². The lowest BCUT2D eigenvalue weighted by Crippen LogP contribution is -2.60. The van der Waals surface area contributed by atoms with E-state index in [4.69, 9.17) is 18.9 Å². The highest BCUT2D eigenvalue weighted by atomic mass is 16.7. The summed E-state index contributed by atoms with van der Waals surface area (Å²) in [5, 5.41) is 39.7. The van der Waals surface area contributed by atoms with Gasteiger partial charge in [0.05, 0.1) is 13.0 Å². The molecule has 0 amide bonds. The molecular weight excluding hydrogens is 765 g/mol. The number of allylic oxidation sites excluding steroid dienone is 21. The second kappa shape index (κ2) is 37.4. The number of carboxylic acid groups (broad SMARTS) is 1.